The molecule has 3 atom stereocenters. The first-order chi connectivity index (χ1) is 7.86. The molecule has 1 fully saturated rings. The molecular weight excluding hydrogens is 212 g/mol. The van der Waals surface area contributed by atoms with Crippen LogP contribution in [-0.4, -0.2) is 25.5 Å². The summed E-state index contributed by atoms with van der Waals surface area (Å²) < 4.78 is 0. The van der Waals surface area contributed by atoms with Gasteiger partial charge in [0.05, 0.1) is 5.41 Å². The van der Waals surface area contributed by atoms with E-state index in [9.17, 15) is 4.79 Å². The highest BCUT2D eigenvalue weighted by molar-refractivity contribution is 5.81. The van der Waals surface area contributed by atoms with Crippen LogP contribution in [-0.2, 0) is 4.79 Å². The average Bonchev–Trinajstić information content (AvgIpc) is 2.29. The molecule has 0 radical (unpaired) electrons. The van der Waals surface area contributed by atoms with Gasteiger partial charge in [0.1, 0.15) is 0 Å². The molecule has 3 nitrogen and oxygen atoms in total. The van der Waals surface area contributed by atoms with E-state index < -0.39 is 0 Å². The molecule has 0 aromatic carbocycles. The molecule has 0 saturated heterocycles. The van der Waals surface area contributed by atoms with E-state index in [-0.39, 0.29) is 11.3 Å². The Bertz CT molecular complexity index is 263. The van der Waals surface area contributed by atoms with Crippen LogP contribution in [0.3, 0.4) is 0 Å². The third kappa shape index (κ3) is 3.98. The summed E-state index contributed by atoms with van der Waals surface area (Å²) in [4.78, 5) is 11.7. The first-order valence-electron chi connectivity index (χ1n) is 6.82. The van der Waals surface area contributed by atoms with E-state index in [0.717, 1.165) is 18.4 Å². The zero-order chi connectivity index (χ0) is 13.1. The van der Waals surface area contributed by atoms with E-state index in [1.165, 1.54) is 19.3 Å². The predicted octanol–water partition coefficient (Wildman–Crippen LogP) is 2.17. The van der Waals surface area contributed by atoms with Crippen molar-refractivity contribution in [3.8, 4) is 0 Å². The normalized spacial score (nSPS) is 30.1. The smallest absolute Gasteiger partial charge is 0.226 e. The van der Waals surface area contributed by atoms with Crippen molar-refractivity contribution >= 4 is 5.91 Å². The second-order valence-corrected chi connectivity index (χ2v) is 6.35. The maximum atomic E-state index is 11.7. The fourth-order valence-electron chi connectivity index (χ4n) is 2.62. The van der Waals surface area contributed by atoms with E-state index in [1.54, 1.807) is 7.05 Å². The molecular formula is C14H28N2O. The van der Waals surface area contributed by atoms with E-state index in [0.29, 0.717) is 6.04 Å². The third-order valence-corrected chi connectivity index (χ3v) is 4.11. The SMILES string of the molecule is CNC(=O)C(C)(C)CNC1CC(C)CCC1C. The molecule has 100 valence electrons. The summed E-state index contributed by atoms with van der Waals surface area (Å²) in [5, 5.41) is 6.33. The van der Waals surface area contributed by atoms with Crippen molar-refractivity contribution in [1.82, 2.24) is 10.6 Å². The highest BCUT2D eigenvalue weighted by Gasteiger charge is 2.30. The molecule has 0 aromatic heterocycles. The van der Waals surface area contributed by atoms with E-state index >= 15 is 0 Å². The Kier molecular flexibility index (Phi) is 4.99. The molecule has 0 spiro atoms. The first-order valence-corrected chi connectivity index (χ1v) is 6.82. The minimum absolute atomic E-state index is 0.113. The molecule has 17 heavy (non-hydrogen) atoms. The topological polar surface area (TPSA) is 41.1 Å². The predicted molar refractivity (Wildman–Crippen MR) is 71.8 cm³/mol. The van der Waals surface area contributed by atoms with Crippen LogP contribution >= 0.6 is 0 Å². The van der Waals surface area contributed by atoms with Crippen molar-refractivity contribution < 1.29 is 4.79 Å². The Hall–Kier alpha value is -0.570. The summed E-state index contributed by atoms with van der Waals surface area (Å²) in [6.45, 7) is 9.39. The van der Waals surface area contributed by atoms with Gasteiger partial charge in [-0.15, -0.1) is 0 Å². The maximum absolute atomic E-state index is 11.7. The fraction of sp³-hybridized carbons (Fsp3) is 0.929. The van der Waals surface area contributed by atoms with Crippen LogP contribution in [0.25, 0.3) is 0 Å². The summed E-state index contributed by atoms with van der Waals surface area (Å²) >= 11 is 0. The molecule has 3 unspecified atom stereocenters. The van der Waals surface area contributed by atoms with Crippen LogP contribution in [0, 0.1) is 17.3 Å². The van der Waals surface area contributed by atoms with Crippen LogP contribution in [0.5, 0.6) is 0 Å². The average molecular weight is 240 g/mol. The van der Waals surface area contributed by atoms with Gasteiger partial charge in [-0.05, 0) is 38.5 Å². The van der Waals surface area contributed by atoms with Crippen molar-refractivity contribution in [3.05, 3.63) is 0 Å². The molecule has 1 amide bonds. The summed E-state index contributed by atoms with van der Waals surface area (Å²) in [5.74, 6) is 1.65. The van der Waals surface area contributed by atoms with Crippen LogP contribution in [0.15, 0.2) is 0 Å². The number of hydrogen-bond donors (Lipinski definition) is 2. The highest BCUT2D eigenvalue weighted by atomic mass is 16.2. The molecule has 1 aliphatic carbocycles. The highest BCUT2D eigenvalue weighted by Crippen LogP contribution is 2.29. The minimum atomic E-state index is -0.324. The van der Waals surface area contributed by atoms with Crippen molar-refractivity contribution in [2.75, 3.05) is 13.6 Å². The summed E-state index contributed by atoms with van der Waals surface area (Å²) in [7, 11) is 1.70. The molecule has 0 bridgehead atoms. The number of carbonyl (C=O) groups excluding carboxylic acids is 1. The van der Waals surface area contributed by atoms with Gasteiger partial charge in [-0.2, -0.15) is 0 Å². The Morgan fingerprint density at radius 3 is 2.53 bits per heavy atom. The van der Waals surface area contributed by atoms with Gasteiger partial charge in [-0.3, -0.25) is 4.79 Å². The first kappa shape index (κ1) is 14.5. The Morgan fingerprint density at radius 1 is 1.29 bits per heavy atom. The minimum Gasteiger partial charge on any atom is -0.359 e. The molecule has 3 heteroatoms. The van der Waals surface area contributed by atoms with Crippen LogP contribution in [0.1, 0.15) is 47.0 Å². The van der Waals surface area contributed by atoms with Gasteiger partial charge in [0.25, 0.3) is 0 Å². The van der Waals surface area contributed by atoms with Gasteiger partial charge < -0.3 is 10.6 Å². The van der Waals surface area contributed by atoms with Gasteiger partial charge in [-0.1, -0.05) is 20.3 Å². The van der Waals surface area contributed by atoms with Crippen molar-refractivity contribution in [2.45, 2.75) is 53.0 Å². The van der Waals surface area contributed by atoms with Crippen LogP contribution in [0.2, 0.25) is 0 Å². The van der Waals surface area contributed by atoms with Crippen LogP contribution < -0.4 is 10.6 Å². The Labute approximate surface area is 106 Å². The molecule has 0 heterocycles. The molecule has 2 N–H and O–H groups in total. The molecule has 0 aromatic rings. The van der Waals surface area contributed by atoms with Gasteiger partial charge in [0, 0.05) is 19.6 Å². The van der Waals surface area contributed by atoms with E-state index in [2.05, 4.69) is 24.5 Å². The van der Waals surface area contributed by atoms with Crippen molar-refractivity contribution in [2.24, 2.45) is 17.3 Å². The number of amides is 1. The molecule has 1 aliphatic rings. The largest absolute Gasteiger partial charge is 0.359 e. The number of carbonyl (C=O) groups is 1. The quantitative estimate of drug-likeness (QED) is 0.791. The number of nitrogens with one attached hydrogen (secondary N) is 2. The van der Waals surface area contributed by atoms with Crippen LogP contribution in [0.4, 0.5) is 0 Å². The van der Waals surface area contributed by atoms with Gasteiger partial charge in [0.15, 0.2) is 0 Å². The van der Waals surface area contributed by atoms with Gasteiger partial charge in [0.2, 0.25) is 5.91 Å². The second-order valence-electron chi connectivity index (χ2n) is 6.35. The van der Waals surface area contributed by atoms with Crippen molar-refractivity contribution in [1.29, 1.82) is 0 Å². The lowest BCUT2D eigenvalue weighted by molar-refractivity contribution is -0.128. The van der Waals surface area contributed by atoms with E-state index in [4.69, 9.17) is 0 Å². The Balaban J connectivity index is 2.46. The maximum Gasteiger partial charge on any atom is 0.226 e. The number of rotatable bonds is 4. The zero-order valence-electron chi connectivity index (χ0n) is 12.0. The van der Waals surface area contributed by atoms with Crippen molar-refractivity contribution in [3.63, 3.8) is 0 Å². The lowest BCUT2D eigenvalue weighted by atomic mass is 9.79. The standard InChI is InChI=1S/C14H28N2O/c1-10-6-7-11(2)12(8-10)16-9-14(3,4)13(17)15-5/h10-12,16H,6-9H2,1-5H3,(H,15,17). The van der Waals surface area contributed by atoms with Gasteiger partial charge >= 0.3 is 0 Å². The second kappa shape index (κ2) is 5.85. The number of hydrogen-bond acceptors (Lipinski definition) is 2. The molecule has 1 rings (SSSR count). The Morgan fingerprint density at radius 2 is 1.94 bits per heavy atom. The summed E-state index contributed by atoms with van der Waals surface area (Å²) in [6.07, 6.45) is 3.89. The van der Waals surface area contributed by atoms with E-state index in [1.807, 2.05) is 13.8 Å². The van der Waals surface area contributed by atoms with Gasteiger partial charge in [-0.25, -0.2) is 0 Å². The fourth-order valence-corrected chi connectivity index (χ4v) is 2.62. The zero-order valence-corrected chi connectivity index (χ0v) is 12.0. The summed E-state index contributed by atoms with van der Waals surface area (Å²) in [6, 6.07) is 0.572. The third-order valence-electron chi connectivity index (χ3n) is 4.11. The molecule has 0 aliphatic heterocycles. The lowest BCUT2D eigenvalue weighted by Crippen LogP contribution is -2.48. The lowest BCUT2D eigenvalue weighted by Gasteiger charge is -2.35. The monoisotopic (exact) mass is 240 g/mol. The summed E-state index contributed by atoms with van der Waals surface area (Å²) in [5.41, 5.74) is -0.324. The molecule has 1 saturated carbocycles.